The zero-order valence-corrected chi connectivity index (χ0v) is 8.82. The first-order valence-electron chi connectivity index (χ1n) is 4.85. The van der Waals surface area contributed by atoms with Gasteiger partial charge >= 0.3 is 0 Å². The standard InChI is InChI=1S/C12H12N2O/c1-8-10(5-6-13)11-7-9(15-2)3-4-12(11)14-8/h3-4,7,9H,5H2,1-2H3/t9-/m0/s1. The first-order chi connectivity index (χ1) is 7.26. The highest BCUT2D eigenvalue weighted by molar-refractivity contribution is 6.15. The summed E-state index contributed by atoms with van der Waals surface area (Å²) in [5, 5.41) is 8.75. The zero-order valence-electron chi connectivity index (χ0n) is 8.82. The molecule has 0 saturated heterocycles. The quantitative estimate of drug-likeness (QED) is 0.685. The van der Waals surface area contributed by atoms with E-state index in [1.165, 1.54) is 0 Å². The minimum atomic E-state index is -0.00135. The molecular formula is C12H12N2O. The topological polar surface area (TPSA) is 45.4 Å². The van der Waals surface area contributed by atoms with Crippen molar-refractivity contribution in [3.05, 3.63) is 35.1 Å². The number of rotatable bonds is 2. The molecule has 0 amide bonds. The van der Waals surface area contributed by atoms with E-state index < -0.39 is 0 Å². The number of fused-ring (bicyclic) bond motifs is 1. The van der Waals surface area contributed by atoms with Gasteiger partial charge in [0.05, 0.1) is 24.3 Å². The lowest BCUT2D eigenvalue weighted by molar-refractivity contribution is 0.177. The number of aliphatic imine (C=N–C) groups is 1. The Morgan fingerprint density at radius 3 is 3.07 bits per heavy atom. The number of methoxy groups -OCH3 is 1. The second-order valence-electron chi connectivity index (χ2n) is 3.54. The molecule has 3 nitrogen and oxygen atoms in total. The van der Waals surface area contributed by atoms with Gasteiger partial charge in [0.15, 0.2) is 0 Å². The third kappa shape index (κ3) is 1.64. The highest BCUT2D eigenvalue weighted by Gasteiger charge is 2.23. The van der Waals surface area contributed by atoms with Crippen LogP contribution in [0.25, 0.3) is 0 Å². The molecule has 2 rings (SSSR count). The molecule has 0 aromatic rings. The lowest BCUT2D eigenvalue weighted by atomic mass is 9.95. The van der Waals surface area contributed by atoms with Gasteiger partial charge in [0.2, 0.25) is 0 Å². The summed E-state index contributed by atoms with van der Waals surface area (Å²) in [5.74, 6) is 0. The summed E-state index contributed by atoms with van der Waals surface area (Å²) < 4.78 is 5.24. The maximum Gasteiger partial charge on any atom is 0.0947 e. The average Bonchev–Trinajstić information content (AvgIpc) is 2.55. The highest BCUT2D eigenvalue weighted by Crippen LogP contribution is 2.30. The van der Waals surface area contributed by atoms with E-state index in [-0.39, 0.29) is 6.10 Å². The molecule has 0 bridgehead atoms. The van der Waals surface area contributed by atoms with E-state index in [1.54, 1.807) is 7.11 Å². The molecule has 0 saturated carbocycles. The molecule has 1 heterocycles. The highest BCUT2D eigenvalue weighted by atomic mass is 16.5. The predicted octanol–water partition coefficient (Wildman–Crippen LogP) is 2.14. The molecule has 76 valence electrons. The number of nitrogens with zero attached hydrogens (tertiary/aromatic N) is 2. The second kappa shape index (κ2) is 3.84. The molecule has 3 heteroatoms. The molecule has 0 unspecified atom stereocenters. The fourth-order valence-corrected chi connectivity index (χ4v) is 1.83. The Kier molecular flexibility index (Phi) is 2.53. The van der Waals surface area contributed by atoms with Gasteiger partial charge in [-0.15, -0.1) is 0 Å². The average molecular weight is 200 g/mol. The van der Waals surface area contributed by atoms with Crippen LogP contribution in [0.5, 0.6) is 0 Å². The number of nitriles is 1. The van der Waals surface area contributed by atoms with Gasteiger partial charge < -0.3 is 4.74 Å². The molecule has 15 heavy (non-hydrogen) atoms. The Morgan fingerprint density at radius 2 is 2.40 bits per heavy atom. The monoisotopic (exact) mass is 200 g/mol. The van der Waals surface area contributed by atoms with Crippen molar-refractivity contribution in [2.45, 2.75) is 19.4 Å². The Bertz CT molecular complexity index is 447. The van der Waals surface area contributed by atoms with Crippen molar-refractivity contribution in [1.29, 1.82) is 5.26 Å². The van der Waals surface area contributed by atoms with Crippen LogP contribution in [0.4, 0.5) is 0 Å². The zero-order chi connectivity index (χ0) is 10.8. The van der Waals surface area contributed by atoms with Gasteiger partial charge in [-0.05, 0) is 30.7 Å². The van der Waals surface area contributed by atoms with Crippen LogP contribution in [-0.2, 0) is 4.74 Å². The summed E-state index contributed by atoms with van der Waals surface area (Å²) in [6.45, 7) is 1.94. The predicted molar refractivity (Wildman–Crippen MR) is 58.4 cm³/mol. The molecule has 0 spiro atoms. The number of hydrogen-bond acceptors (Lipinski definition) is 3. The van der Waals surface area contributed by atoms with Crippen molar-refractivity contribution >= 4 is 5.71 Å². The van der Waals surface area contributed by atoms with Gasteiger partial charge in [-0.1, -0.05) is 0 Å². The van der Waals surface area contributed by atoms with Crippen molar-refractivity contribution < 1.29 is 4.74 Å². The van der Waals surface area contributed by atoms with Gasteiger partial charge in [-0.3, -0.25) is 4.99 Å². The maximum absolute atomic E-state index is 8.75. The summed E-state index contributed by atoms with van der Waals surface area (Å²) in [6.07, 6.45) is 6.35. The van der Waals surface area contributed by atoms with E-state index in [9.17, 15) is 0 Å². The molecule has 1 aliphatic carbocycles. The normalized spacial score (nSPS) is 23.4. The SMILES string of the molecule is CO[C@H]1C=CC2=NC(C)=C(CC#N)C2=C1. The van der Waals surface area contributed by atoms with Gasteiger partial charge in [-0.2, -0.15) is 5.26 Å². The summed E-state index contributed by atoms with van der Waals surface area (Å²) in [7, 11) is 1.67. The summed E-state index contributed by atoms with van der Waals surface area (Å²) in [5.41, 5.74) is 3.98. The van der Waals surface area contributed by atoms with Gasteiger partial charge in [-0.25, -0.2) is 0 Å². The van der Waals surface area contributed by atoms with Crippen LogP contribution in [0.3, 0.4) is 0 Å². The Hall–Kier alpha value is -1.66. The minimum Gasteiger partial charge on any atom is -0.373 e. The molecule has 1 aliphatic heterocycles. The number of ether oxygens (including phenoxy) is 1. The van der Waals surface area contributed by atoms with Crippen molar-refractivity contribution in [3.8, 4) is 6.07 Å². The Morgan fingerprint density at radius 1 is 1.60 bits per heavy atom. The fourth-order valence-electron chi connectivity index (χ4n) is 1.83. The molecule has 0 fully saturated rings. The van der Waals surface area contributed by atoms with E-state index in [2.05, 4.69) is 11.1 Å². The minimum absolute atomic E-state index is 0.00135. The lowest BCUT2D eigenvalue weighted by Crippen LogP contribution is -2.12. The van der Waals surface area contributed by atoms with Crippen LogP contribution >= 0.6 is 0 Å². The third-order valence-electron chi connectivity index (χ3n) is 2.63. The van der Waals surface area contributed by atoms with Crippen molar-refractivity contribution in [2.75, 3.05) is 7.11 Å². The van der Waals surface area contributed by atoms with Crippen LogP contribution < -0.4 is 0 Å². The van der Waals surface area contributed by atoms with Crippen LogP contribution in [0.1, 0.15) is 13.3 Å². The second-order valence-corrected chi connectivity index (χ2v) is 3.54. The number of hydrogen-bond donors (Lipinski definition) is 0. The molecule has 0 aromatic carbocycles. The molecule has 0 radical (unpaired) electrons. The van der Waals surface area contributed by atoms with Crippen molar-refractivity contribution in [3.63, 3.8) is 0 Å². The van der Waals surface area contributed by atoms with Gasteiger partial charge in [0.25, 0.3) is 0 Å². The van der Waals surface area contributed by atoms with E-state index in [1.807, 2.05) is 25.2 Å². The van der Waals surface area contributed by atoms with Gasteiger partial charge in [0, 0.05) is 18.4 Å². The summed E-state index contributed by atoms with van der Waals surface area (Å²) >= 11 is 0. The molecular weight excluding hydrogens is 188 g/mol. The van der Waals surface area contributed by atoms with E-state index in [0.29, 0.717) is 6.42 Å². The Balaban J connectivity index is 2.36. The molecule has 0 N–H and O–H groups in total. The van der Waals surface area contributed by atoms with Crippen molar-refractivity contribution in [2.24, 2.45) is 4.99 Å². The van der Waals surface area contributed by atoms with Gasteiger partial charge in [0.1, 0.15) is 0 Å². The van der Waals surface area contributed by atoms with Crippen LogP contribution in [0, 0.1) is 11.3 Å². The maximum atomic E-state index is 8.75. The largest absolute Gasteiger partial charge is 0.373 e. The third-order valence-corrected chi connectivity index (χ3v) is 2.63. The van der Waals surface area contributed by atoms with Crippen molar-refractivity contribution in [1.82, 2.24) is 0 Å². The summed E-state index contributed by atoms with van der Waals surface area (Å²) in [4.78, 5) is 4.41. The first kappa shape index (κ1) is 9.88. The number of allylic oxidation sites excluding steroid dienone is 4. The van der Waals surface area contributed by atoms with Crippen LogP contribution in [0.2, 0.25) is 0 Å². The van der Waals surface area contributed by atoms with Crippen LogP contribution in [-0.4, -0.2) is 18.9 Å². The fraction of sp³-hybridized carbons (Fsp3) is 0.333. The first-order valence-corrected chi connectivity index (χ1v) is 4.85. The molecule has 2 aliphatic rings. The lowest BCUT2D eigenvalue weighted by Gasteiger charge is -2.14. The summed E-state index contributed by atoms with van der Waals surface area (Å²) in [6, 6.07) is 2.17. The van der Waals surface area contributed by atoms with Crippen LogP contribution in [0.15, 0.2) is 40.1 Å². The smallest absolute Gasteiger partial charge is 0.0947 e. The van der Waals surface area contributed by atoms with E-state index >= 15 is 0 Å². The van der Waals surface area contributed by atoms with E-state index in [0.717, 1.165) is 22.6 Å². The molecule has 0 aromatic heterocycles. The Labute approximate surface area is 89.1 Å². The van der Waals surface area contributed by atoms with E-state index in [4.69, 9.17) is 10.00 Å². The molecule has 1 atom stereocenters.